The minimum Gasteiger partial charge on any atom is -0.488 e. The molecule has 7 heteroatoms. The summed E-state index contributed by atoms with van der Waals surface area (Å²) >= 11 is 0. The fourth-order valence-electron chi connectivity index (χ4n) is 3.53. The lowest BCUT2D eigenvalue weighted by Crippen LogP contribution is -2.12. The average Bonchev–Trinajstić information content (AvgIpc) is 2.94. The summed E-state index contributed by atoms with van der Waals surface area (Å²) in [6, 6.07) is 30.7. The van der Waals surface area contributed by atoms with Crippen molar-refractivity contribution in [1.29, 1.82) is 0 Å². The summed E-state index contributed by atoms with van der Waals surface area (Å²) in [7, 11) is 1.55. The van der Waals surface area contributed by atoms with Gasteiger partial charge in [-0.2, -0.15) is 0 Å². The Morgan fingerprint density at radius 2 is 1.03 bits per heavy atom. The summed E-state index contributed by atoms with van der Waals surface area (Å²) in [5.74, 6) is 2.45. The molecule has 0 amide bonds. The first kappa shape index (κ1) is 25.7. The molecule has 0 radical (unpaired) electrons. The van der Waals surface area contributed by atoms with Crippen LogP contribution in [0, 0.1) is 0 Å². The van der Waals surface area contributed by atoms with Gasteiger partial charge in [-0.1, -0.05) is 72.8 Å². The van der Waals surface area contributed by atoms with Crippen molar-refractivity contribution in [2.24, 2.45) is 0 Å². The Morgan fingerprint density at radius 1 is 0.514 bits per heavy atom. The van der Waals surface area contributed by atoms with Crippen LogP contribution in [0.4, 0.5) is 5.69 Å². The summed E-state index contributed by atoms with van der Waals surface area (Å²) in [5, 5.41) is 0. The van der Waals surface area contributed by atoms with Gasteiger partial charge in [-0.15, -0.1) is 0 Å². The molecular formula is C30H31NO6. The molecule has 0 saturated carbocycles. The molecule has 0 spiro atoms. The van der Waals surface area contributed by atoms with Gasteiger partial charge in [0, 0.05) is 7.11 Å². The van der Waals surface area contributed by atoms with E-state index >= 15 is 0 Å². The average molecular weight is 502 g/mol. The Bertz CT molecular complexity index is 1230. The van der Waals surface area contributed by atoms with Crippen molar-refractivity contribution in [3.8, 4) is 28.7 Å². The van der Waals surface area contributed by atoms with E-state index in [-0.39, 0.29) is 13.4 Å². The maximum absolute atomic E-state index is 6.24. The lowest BCUT2D eigenvalue weighted by Gasteiger charge is -2.20. The summed E-state index contributed by atoms with van der Waals surface area (Å²) in [4.78, 5) is 0. The highest BCUT2D eigenvalue weighted by Crippen LogP contribution is 2.45. The van der Waals surface area contributed by atoms with Gasteiger partial charge >= 0.3 is 0 Å². The molecule has 0 atom stereocenters. The summed E-state index contributed by atoms with van der Waals surface area (Å²) in [6.45, 7) is 1.27. The van der Waals surface area contributed by atoms with Gasteiger partial charge in [0.15, 0.2) is 18.3 Å². The number of hydrogen-bond donors (Lipinski definition) is 1. The van der Waals surface area contributed by atoms with Crippen LogP contribution in [0.1, 0.15) is 11.1 Å². The number of anilines is 1. The van der Waals surface area contributed by atoms with Crippen LogP contribution in [-0.2, 0) is 18.0 Å². The first-order chi connectivity index (χ1) is 18.2. The molecule has 0 aliphatic carbocycles. The molecule has 0 aromatic heterocycles. The molecule has 7 nitrogen and oxygen atoms in total. The molecule has 0 aliphatic rings. The molecular weight excluding hydrogens is 470 g/mol. The van der Waals surface area contributed by atoms with Crippen molar-refractivity contribution in [2.45, 2.75) is 13.2 Å². The molecule has 0 saturated heterocycles. The van der Waals surface area contributed by atoms with Crippen molar-refractivity contribution in [1.82, 2.24) is 0 Å². The summed E-state index contributed by atoms with van der Waals surface area (Å²) < 4.78 is 35.3. The number of nitrogens with two attached hydrogens (primary N) is 1. The van der Waals surface area contributed by atoms with Gasteiger partial charge in [0.25, 0.3) is 0 Å². The van der Waals surface area contributed by atoms with E-state index in [0.29, 0.717) is 54.3 Å². The highest BCUT2D eigenvalue weighted by molar-refractivity contribution is 5.59. The third kappa shape index (κ3) is 7.56. The molecule has 0 unspecified atom stereocenters. The van der Waals surface area contributed by atoms with E-state index in [4.69, 9.17) is 34.2 Å². The maximum Gasteiger partial charge on any atom is 0.210 e. The van der Waals surface area contributed by atoms with Gasteiger partial charge in [-0.25, -0.2) is 0 Å². The molecule has 192 valence electrons. The van der Waals surface area contributed by atoms with Crippen LogP contribution in [0.25, 0.3) is 0 Å². The first-order valence-corrected chi connectivity index (χ1v) is 12.0. The van der Waals surface area contributed by atoms with E-state index in [1.807, 2.05) is 84.9 Å². The van der Waals surface area contributed by atoms with Crippen LogP contribution in [-0.4, -0.2) is 27.1 Å². The van der Waals surface area contributed by atoms with Crippen molar-refractivity contribution >= 4 is 5.69 Å². The minimum absolute atomic E-state index is 0.0112. The SMILES string of the molecule is COCOc1c(OCCOc2ccccc2N)ccc(OCc2ccccc2)c1OCc1ccccc1. The van der Waals surface area contributed by atoms with Crippen LogP contribution >= 0.6 is 0 Å². The van der Waals surface area contributed by atoms with Crippen molar-refractivity contribution in [3.63, 3.8) is 0 Å². The summed E-state index contributed by atoms with van der Waals surface area (Å²) in [5.41, 5.74) is 8.57. The standard InChI is InChI=1S/C30H31NO6/c1-32-22-37-30-27(34-19-18-33-26-15-9-8-14-25(26)31)16-17-28(35-20-23-10-4-2-5-11-23)29(30)36-21-24-12-6-3-7-13-24/h2-17H,18-22,31H2,1H3. The number of benzene rings is 4. The number of rotatable bonds is 14. The quantitative estimate of drug-likeness (QED) is 0.132. The van der Waals surface area contributed by atoms with Gasteiger partial charge in [0.2, 0.25) is 11.5 Å². The van der Waals surface area contributed by atoms with Crippen molar-refractivity contribution in [2.75, 3.05) is 32.9 Å². The first-order valence-electron chi connectivity index (χ1n) is 12.0. The van der Waals surface area contributed by atoms with Crippen LogP contribution in [0.5, 0.6) is 28.7 Å². The number of ether oxygens (including phenoxy) is 6. The zero-order valence-corrected chi connectivity index (χ0v) is 20.8. The number of nitrogen functional groups attached to an aromatic ring is 1. The molecule has 37 heavy (non-hydrogen) atoms. The van der Waals surface area contributed by atoms with E-state index in [1.165, 1.54) is 0 Å². The van der Waals surface area contributed by atoms with Crippen molar-refractivity contribution < 1.29 is 28.4 Å². The van der Waals surface area contributed by atoms with Crippen molar-refractivity contribution in [3.05, 3.63) is 108 Å². The van der Waals surface area contributed by atoms with Gasteiger partial charge in [0.05, 0.1) is 5.69 Å². The number of methoxy groups -OCH3 is 1. The number of para-hydroxylation sites is 2. The third-order valence-corrected chi connectivity index (χ3v) is 5.34. The van der Waals surface area contributed by atoms with E-state index in [9.17, 15) is 0 Å². The van der Waals surface area contributed by atoms with E-state index < -0.39 is 0 Å². The van der Waals surface area contributed by atoms with Crippen LogP contribution < -0.4 is 29.4 Å². The van der Waals surface area contributed by atoms with E-state index in [1.54, 1.807) is 19.2 Å². The minimum atomic E-state index is 0.0112. The fraction of sp³-hybridized carbons (Fsp3) is 0.200. The second kappa shape index (κ2) is 13.7. The Labute approximate surface area is 217 Å². The Morgan fingerprint density at radius 3 is 1.65 bits per heavy atom. The van der Waals surface area contributed by atoms with Crippen LogP contribution in [0.2, 0.25) is 0 Å². The molecule has 0 aliphatic heterocycles. The Hall–Kier alpha value is -4.36. The molecule has 4 rings (SSSR count). The number of hydrogen-bond acceptors (Lipinski definition) is 7. The predicted molar refractivity (Wildman–Crippen MR) is 142 cm³/mol. The Kier molecular flexibility index (Phi) is 9.49. The third-order valence-electron chi connectivity index (χ3n) is 5.34. The molecule has 0 fully saturated rings. The Balaban J connectivity index is 1.53. The molecule has 4 aromatic carbocycles. The van der Waals surface area contributed by atoms with E-state index in [0.717, 1.165) is 11.1 Å². The second-order valence-corrected chi connectivity index (χ2v) is 8.05. The van der Waals surface area contributed by atoms with Crippen LogP contribution in [0.15, 0.2) is 97.1 Å². The topological polar surface area (TPSA) is 81.4 Å². The maximum atomic E-state index is 6.24. The zero-order valence-electron chi connectivity index (χ0n) is 20.8. The van der Waals surface area contributed by atoms with Gasteiger partial charge in [-0.05, 0) is 35.4 Å². The van der Waals surface area contributed by atoms with Crippen LogP contribution in [0.3, 0.4) is 0 Å². The zero-order chi connectivity index (χ0) is 25.7. The smallest absolute Gasteiger partial charge is 0.210 e. The molecule has 4 aromatic rings. The monoisotopic (exact) mass is 501 g/mol. The highest BCUT2D eigenvalue weighted by Gasteiger charge is 2.20. The van der Waals surface area contributed by atoms with Gasteiger partial charge < -0.3 is 34.2 Å². The molecule has 2 N–H and O–H groups in total. The fourth-order valence-corrected chi connectivity index (χ4v) is 3.53. The molecule has 0 bridgehead atoms. The normalized spacial score (nSPS) is 10.5. The highest BCUT2D eigenvalue weighted by atomic mass is 16.7. The van der Waals surface area contributed by atoms with E-state index in [2.05, 4.69) is 0 Å². The summed E-state index contributed by atoms with van der Waals surface area (Å²) in [6.07, 6.45) is 0. The lowest BCUT2D eigenvalue weighted by atomic mass is 10.2. The van der Waals surface area contributed by atoms with Gasteiger partial charge in [-0.3, -0.25) is 0 Å². The lowest BCUT2D eigenvalue weighted by molar-refractivity contribution is 0.0449. The predicted octanol–water partition coefficient (Wildman–Crippen LogP) is 5.87. The van der Waals surface area contributed by atoms with Gasteiger partial charge in [0.1, 0.15) is 32.2 Å². The largest absolute Gasteiger partial charge is 0.488 e. The molecule has 0 heterocycles. The second-order valence-electron chi connectivity index (χ2n) is 8.05.